The molecule has 1 N–H and O–H groups in total. The van der Waals surface area contributed by atoms with Crippen LogP contribution in [0.15, 0.2) is 41.9 Å². The third kappa shape index (κ3) is 5.32. The number of rotatable bonds is 9. The maximum absolute atomic E-state index is 13.0. The molecule has 1 saturated heterocycles. The van der Waals surface area contributed by atoms with E-state index in [1.54, 1.807) is 0 Å². The van der Waals surface area contributed by atoms with E-state index < -0.39 is 40.1 Å². The van der Waals surface area contributed by atoms with Gasteiger partial charge in [0, 0.05) is 30.4 Å². The second kappa shape index (κ2) is 10.5. The van der Waals surface area contributed by atoms with Gasteiger partial charge in [-0.3, -0.25) is 29.4 Å². The first-order chi connectivity index (χ1) is 17.2. The minimum atomic E-state index is -0.883. The van der Waals surface area contributed by atoms with Crippen molar-refractivity contribution in [3.8, 4) is 0 Å². The van der Waals surface area contributed by atoms with Crippen LogP contribution in [0.25, 0.3) is 0 Å². The summed E-state index contributed by atoms with van der Waals surface area (Å²) in [6, 6.07) is 4.58. The van der Waals surface area contributed by atoms with E-state index in [1.165, 1.54) is 58.9 Å². The SMILES string of the molecule is CC(=O)OCC1=C(C(=O)OCc2ccc([N+](=O)[O-])cc2)N2C(=O)C(NC(=O)Cn3cnnn3)[C@@H]2SC1. The first-order valence-corrected chi connectivity index (χ1v) is 11.5. The number of nitrogens with zero attached hydrogens (tertiary/aromatic N) is 6. The molecule has 2 atom stereocenters. The summed E-state index contributed by atoms with van der Waals surface area (Å²) in [5.41, 5.74) is 0.716. The maximum atomic E-state index is 13.0. The normalized spacial score (nSPS) is 18.7. The predicted octanol–water partition coefficient (Wildman–Crippen LogP) is -0.458. The number of non-ortho nitro benzene ring substituents is 1. The van der Waals surface area contributed by atoms with E-state index in [9.17, 15) is 29.3 Å². The number of aromatic nitrogens is 4. The van der Waals surface area contributed by atoms with Crippen LogP contribution in [-0.2, 0) is 41.8 Å². The Balaban J connectivity index is 1.46. The smallest absolute Gasteiger partial charge is 0.355 e. The monoisotopic (exact) mass is 517 g/mol. The summed E-state index contributed by atoms with van der Waals surface area (Å²) in [7, 11) is 0. The fourth-order valence-corrected chi connectivity index (χ4v) is 4.85. The molecule has 1 fully saturated rings. The average Bonchev–Trinajstić information content (AvgIpc) is 3.37. The van der Waals surface area contributed by atoms with E-state index >= 15 is 0 Å². The quantitative estimate of drug-likeness (QED) is 0.195. The molecule has 1 aromatic carbocycles. The van der Waals surface area contributed by atoms with Gasteiger partial charge in [-0.1, -0.05) is 0 Å². The molecule has 16 heteroatoms. The molecule has 188 valence electrons. The molecule has 0 spiro atoms. The number of β-lactam (4-membered cyclic amide) rings is 1. The minimum Gasteiger partial charge on any atom is -0.461 e. The van der Waals surface area contributed by atoms with Gasteiger partial charge in [-0.25, -0.2) is 9.48 Å². The molecule has 1 unspecified atom stereocenters. The van der Waals surface area contributed by atoms with Crippen LogP contribution in [0.5, 0.6) is 0 Å². The highest BCUT2D eigenvalue weighted by molar-refractivity contribution is 8.00. The number of tetrazole rings is 1. The Morgan fingerprint density at radius 3 is 2.61 bits per heavy atom. The van der Waals surface area contributed by atoms with Gasteiger partial charge in [0.05, 0.1) is 4.92 Å². The molecule has 0 bridgehead atoms. The summed E-state index contributed by atoms with van der Waals surface area (Å²) in [6.07, 6.45) is 1.26. The van der Waals surface area contributed by atoms with E-state index in [-0.39, 0.29) is 36.9 Å². The van der Waals surface area contributed by atoms with Crippen molar-refractivity contribution in [1.29, 1.82) is 0 Å². The Bertz CT molecular complexity index is 1230. The number of carbonyl (C=O) groups excluding carboxylic acids is 4. The zero-order chi connectivity index (χ0) is 25.8. The predicted molar refractivity (Wildman–Crippen MR) is 119 cm³/mol. The van der Waals surface area contributed by atoms with Crippen molar-refractivity contribution in [3.63, 3.8) is 0 Å². The van der Waals surface area contributed by atoms with Gasteiger partial charge in [0.2, 0.25) is 5.91 Å². The van der Waals surface area contributed by atoms with Crippen LogP contribution >= 0.6 is 11.8 Å². The molecular weight excluding hydrogens is 498 g/mol. The van der Waals surface area contributed by atoms with Crippen LogP contribution in [0, 0.1) is 10.1 Å². The fourth-order valence-electron chi connectivity index (χ4n) is 3.52. The summed E-state index contributed by atoms with van der Waals surface area (Å²) in [4.78, 5) is 61.1. The molecule has 3 heterocycles. The molecule has 1 aromatic heterocycles. The molecule has 0 radical (unpaired) electrons. The van der Waals surface area contributed by atoms with E-state index in [4.69, 9.17) is 9.47 Å². The Labute approximate surface area is 206 Å². The van der Waals surface area contributed by atoms with Crippen LogP contribution in [0.1, 0.15) is 12.5 Å². The van der Waals surface area contributed by atoms with E-state index in [0.717, 1.165) is 0 Å². The first-order valence-electron chi connectivity index (χ1n) is 10.4. The Hall–Kier alpha value is -4.34. The van der Waals surface area contributed by atoms with Gasteiger partial charge >= 0.3 is 11.9 Å². The number of nitro benzene ring substituents is 1. The highest BCUT2D eigenvalue weighted by Gasteiger charge is 2.54. The highest BCUT2D eigenvalue weighted by atomic mass is 32.2. The molecule has 2 aromatic rings. The van der Waals surface area contributed by atoms with Crippen LogP contribution < -0.4 is 5.32 Å². The lowest BCUT2D eigenvalue weighted by molar-refractivity contribution is -0.384. The summed E-state index contributed by atoms with van der Waals surface area (Å²) in [5.74, 6) is -2.15. The average molecular weight is 517 g/mol. The number of fused-ring (bicyclic) bond motifs is 1. The molecule has 0 aliphatic carbocycles. The van der Waals surface area contributed by atoms with Gasteiger partial charge in [-0.2, -0.15) is 0 Å². The van der Waals surface area contributed by atoms with Crippen molar-refractivity contribution >= 4 is 41.2 Å². The fraction of sp³-hybridized carbons (Fsp3) is 0.350. The number of amides is 2. The summed E-state index contributed by atoms with van der Waals surface area (Å²) in [6.45, 7) is 0.618. The maximum Gasteiger partial charge on any atom is 0.355 e. The standard InChI is InChI=1S/C20H19N7O8S/c1-11(28)34-8-13-9-36-19-16(22-15(29)6-25-10-21-23-24-25)18(30)26(19)17(13)20(31)35-7-12-2-4-14(5-3-12)27(32)33/h2-5,10,16,19H,6-9H2,1H3,(H,22,29)/t16?,19-/m0/s1. The van der Waals surface area contributed by atoms with Crippen molar-refractivity contribution in [1.82, 2.24) is 30.4 Å². The Morgan fingerprint density at radius 1 is 1.22 bits per heavy atom. The molecule has 2 aliphatic heterocycles. The molecule has 36 heavy (non-hydrogen) atoms. The number of carbonyl (C=O) groups is 4. The summed E-state index contributed by atoms with van der Waals surface area (Å²) < 4.78 is 11.6. The van der Waals surface area contributed by atoms with Gasteiger partial charge in [0.1, 0.15) is 43.2 Å². The van der Waals surface area contributed by atoms with Gasteiger partial charge in [-0.05, 0) is 28.1 Å². The van der Waals surface area contributed by atoms with E-state index in [0.29, 0.717) is 11.1 Å². The lowest BCUT2D eigenvalue weighted by Gasteiger charge is -2.49. The Kier molecular flexibility index (Phi) is 7.23. The molecule has 2 amide bonds. The van der Waals surface area contributed by atoms with E-state index in [2.05, 4.69) is 20.8 Å². The number of ether oxygens (including phenoxy) is 2. The van der Waals surface area contributed by atoms with Gasteiger partial charge in [0.15, 0.2) is 0 Å². The van der Waals surface area contributed by atoms with Gasteiger partial charge < -0.3 is 14.8 Å². The van der Waals surface area contributed by atoms with E-state index in [1.807, 2.05) is 0 Å². The number of hydrogen-bond donors (Lipinski definition) is 1. The molecular formula is C20H19N7O8S. The van der Waals surface area contributed by atoms with Crippen LogP contribution in [0.3, 0.4) is 0 Å². The lowest BCUT2D eigenvalue weighted by atomic mass is 10.0. The van der Waals surface area contributed by atoms with Gasteiger partial charge in [-0.15, -0.1) is 16.9 Å². The molecule has 4 rings (SSSR count). The van der Waals surface area contributed by atoms with Crippen molar-refractivity contribution in [2.75, 3.05) is 12.4 Å². The Morgan fingerprint density at radius 2 is 1.97 bits per heavy atom. The van der Waals surface area contributed by atoms with Crippen molar-refractivity contribution < 1.29 is 33.6 Å². The number of thioether (sulfide) groups is 1. The minimum absolute atomic E-state index is 0.0575. The molecule has 2 aliphatic rings. The number of benzene rings is 1. The van der Waals surface area contributed by atoms with Gasteiger partial charge in [0.25, 0.3) is 11.6 Å². The van der Waals surface area contributed by atoms with Crippen molar-refractivity contribution in [2.45, 2.75) is 31.5 Å². The highest BCUT2D eigenvalue weighted by Crippen LogP contribution is 2.40. The van der Waals surface area contributed by atoms with Crippen LogP contribution in [0.2, 0.25) is 0 Å². The third-order valence-electron chi connectivity index (χ3n) is 5.22. The zero-order valence-corrected chi connectivity index (χ0v) is 19.5. The number of nitro groups is 1. The molecule has 15 nitrogen and oxygen atoms in total. The zero-order valence-electron chi connectivity index (χ0n) is 18.7. The third-order valence-corrected chi connectivity index (χ3v) is 6.56. The van der Waals surface area contributed by atoms with Crippen molar-refractivity contribution in [3.05, 3.63) is 57.5 Å². The summed E-state index contributed by atoms with van der Waals surface area (Å²) in [5, 5.41) is 23.3. The van der Waals surface area contributed by atoms with Crippen molar-refractivity contribution in [2.24, 2.45) is 0 Å². The number of hydrogen-bond acceptors (Lipinski definition) is 12. The number of nitrogens with one attached hydrogen (secondary N) is 1. The second-order valence-corrected chi connectivity index (χ2v) is 8.80. The van der Waals surface area contributed by atoms with Crippen LogP contribution in [0.4, 0.5) is 5.69 Å². The molecule has 0 saturated carbocycles. The largest absolute Gasteiger partial charge is 0.461 e. The lowest BCUT2D eigenvalue weighted by Crippen LogP contribution is -2.70. The van der Waals surface area contributed by atoms with Crippen LogP contribution in [-0.4, -0.2) is 77.6 Å². The topological polar surface area (TPSA) is 189 Å². The number of esters is 2. The summed E-state index contributed by atoms with van der Waals surface area (Å²) >= 11 is 1.30. The second-order valence-electron chi connectivity index (χ2n) is 7.69. The first kappa shape index (κ1) is 24.8.